The van der Waals surface area contributed by atoms with Crippen LogP contribution in [0.1, 0.15) is 53.0 Å². The van der Waals surface area contributed by atoms with Gasteiger partial charge in [-0.3, -0.25) is 0 Å². The van der Waals surface area contributed by atoms with E-state index in [-0.39, 0.29) is 31.3 Å². The number of hydrogen-bond donors (Lipinski definition) is 0. The van der Waals surface area contributed by atoms with Crippen molar-refractivity contribution in [1.82, 2.24) is 9.97 Å². The van der Waals surface area contributed by atoms with E-state index in [1.54, 1.807) is 6.07 Å². The van der Waals surface area contributed by atoms with Gasteiger partial charge in [-0.2, -0.15) is 0 Å². The third-order valence-electron chi connectivity index (χ3n) is 9.93. The molecule has 0 amide bonds. The summed E-state index contributed by atoms with van der Waals surface area (Å²) in [6, 6.07) is 46.8. The number of aromatic nitrogens is 2. The molecule has 8 aromatic rings. The maximum absolute atomic E-state index is 14.4. The van der Waals surface area contributed by atoms with Gasteiger partial charge in [-0.1, -0.05) is 150 Å². The van der Waals surface area contributed by atoms with Crippen LogP contribution >= 0.6 is 0 Å². The number of furan rings is 1. The molecular formula is C50H47FIrN2OSi-2. The summed E-state index contributed by atoms with van der Waals surface area (Å²) in [5.41, 5.74) is 11.0. The fourth-order valence-electron chi connectivity index (χ4n) is 6.60. The number of fused-ring (bicyclic) bond motifs is 3. The molecule has 0 aliphatic carbocycles. The van der Waals surface area contributed by atoms with Crippen molar-refractivity contribution in [3.63, 3.8) is 0 Å². The normalized spacial score (nSPS) is 12.1. The summed E-state index contributed by atoms with van der Waals surface area (Å²) >= 11 is 0. The summed E-state index contributed by atoms with van der Waals surface area (Å²) in [4.78, 5) is 8.94. The largest absolute Gasteiger partial charge is 0.476 e. The molecule has 5 aromatic carbocycles. The molecule has 0 N–H and O–H groups in total. The first kappa shape index (κ1) is 39.2. The zero-order valence-corrected chi connectivity index (χ0v) is 36.6. The van der Waals surface area contributed by atoms with Crippen molar-refractivity contribution in [2.45, 2.75) is 65.6 Å². The van der Waals surface area contributed by atoms with E-state index in [0.29, 0.717) is 11.3 Å². The van der Waals surface area contributed by atoms with Crippen LogP contribution in [0.25, 0.3) is 66.7 Å². The van der Waals surface area contributed by atoms with E-state index in [0.717, 1.165) is 66.2 Å². The maximum atomic E-state index is 14.4. The van der Waals surface area contributed by atoms with Crippen molar-refractivity contribution in [2.24, 2.45) is 0 Å². The average molecular weight is 932 g/mol. The van der Waals surface area contributed by atoms with Crippen molar-refractivity contribution >= 4 is 35.2 Å². The van der Waals surface area contributed by atoms with E-state index >= 15 is 0 Å². The second kappa shape index (κ2) is 16.6. The maximum Gasteiger partial charge on any atom is 0.127 e. The fraction of sp³-hybridized carbons (Fsp3) is 0.200. The van der Waals surface area contributed by atoms with Crippen LogP contribution in [0, 0.1) is 17.9 Å². The van der Waals surface area contributed by atoms with Crippen LogP contribution in [0.5, 0.6) is 0 Å². The quantitative estimate of drug-likeness (QED) is 0.123. The Morgan fingerprint density at radius 1 is 0.714 bits per heavy atom. The summed E-state index contributed by atoms with van der Waals surface area (Å²) in [5, 5.41) is 3.05. The van der Waals surface area contributed by atoms with Crippen molar-refractivity contribution in [1.29, 1.82) is 0 Å². The summed E-state index contributed by atoms with van der Waals surface area (Å²) in [5.74, 6) is -1.07. The molecule has 1 radical (unpaired) electrons. The van der Waals surface area contributed by atoms with Gasteiger partial charge in [0.1, 0.15) is 11.4 Å². The van der Waals surface area contributed by atoms with Gasteiger partial charge < -0.3 is 14.4 Å². The predicted molar refractivity (Wildman–Crippen MR) is 231 cm³/mol. The molecule has 8 rings (SSSR count). The number of rotatable bonds is 6. The third-order valence-corrected chi connectivity index (χ3v) is 11.9. The number of pyridine rings is 2. The van der Waals surface area contributed by atoms with Gasteiger partial charge in [0, 0.05) is 39.6 Å². The third kappa shape index (κ3) is 8.84. The molecular weight excluding hydrogens is 884 g/mol. The molecule has 0 unspecified atom stereocenters. The van der Waals surface area contributed by atoms with E-state index in [2.05, 4.69) is 98.9 Å². The average Bonchev–Trinajstić information content (AvgIpc) is 3.55. The standard InChI is InChI=1S/C30H28NO.C20H19FNSi.Ir/c1-19(2)25-15-22(20-9-7-6-8-10-20)16-26-24-12-11-21(17-28(24)32-29(25)26)27-18-23(13-14-31-27)30(3,4)5;1-23(2,3)18-13-19(21)20(22-14-18)17-11-9-16(10-12-17)15-7-5-4-6-8-15;/h6-10,12-19H,1-5H3;4-11,13-14H,1-3H3;/q2*-1;/i19D;;. The molecule has 6 heteroatoms. The molecule has 0 saturated carbocycles. The van der Waals surface area contributed by atoms with Gasteiger partial charge in [0.25, 0.3) is 0 Å². The molecule has 0 aliphatic rings. The molecule has 0 saturated heterocycles. The first-order valence-corrected chi connectivity index (χ1v) is 22.2. The molecule has 0 bridgehead atoms. The number of benzene rings is 5. The molecule has 0 aliphatic heterocycles. The summed E-state index contributed by atoms with van der Waals surface area (Å²) in [6.45, 7) is 17.0. The van der Waals surface area contributed by atoms with Gasteiger partial charge in [-0.25, -0.2) is 4.39 Å². The van der Waals surface area contributed by atoms with E-state index in [4.69, 9.17) is 5.79 Å². The summed E-state index contributed by atoms with van der Waals surface area (Å²) in [6.07, 6.45) is 3.67. The molecule has 3 nitrogen and oxygen atoms in total. The van der Waals surface area contributed by atoms with Gasteiger partial charge >= 0.3 is 0 Å². The Labute approximate surface area is 346 Å². The topological polar surface area (TPSA) is 38.9 Å². The summed E-state index contributed by atoms with van der Waals surface area (Å²) in [7, 11) is -1.55. The van der Waals surface area contributed by atoms with Gasteiger partial charge in [0.05, 0.1) is 13.7 Å². The minimum atomic E-state index is -1.55. The smallest absolute Gasteiger partial charge is 0.127 e. The number of halogens is 1. The van der Waals surface area contributed by atoms with Gasteiger partial charge in [0.15, 0.2) is 0 Å². The molecule has 56 heavy (non-hydrogen) atoms. The van der Waals surface area contributed by atoms with Crippen LogP contribution in [-0.4, -0.2) is 18.0 Å². The van der Waals surface area contributed by atoms with Gasteiger partial charge in [0.2, 0.25) is 0 Å². The van der Waals surface area contributed by atoms with Crippen LogP contribution in [0.15, 0.2) is 138 Å². The molecule has 3 aromatic heterocycles. The molecule has 0 fully saturated rings. The first-order valence-electron chi connectivity index (χ1n) is 19.2. The minimum Gasteiger partial charge on any atom is -0.476 e. The Hall–Kier alpha value is -5.00. The Morgan fingerprint density at radius 2 is 1.38 bits per heavy atom. The van der Waals surface area contributed by atoms with E-state index in [9.17, 15) is 4.39 Å². The zero-order valence-electron chi connectivity index (χ0n) is 34.2. The Bertz CT molecular complexity index is 2640. The van der Waals surface area contributed by atoms with E-state index in [1.807, 2.05) is 105 Å². The zero-order chi connectivity index (χ0) is 39.8. The van der Waals surface area contributed by atoms with Gasteiger partial charge in [-0.15, -0.1) is 47.5 Å². The SMILES string of the molecule is C[Si](C)(C)c1cnc(-c2[c-]cc(-c3ccccc3)cc2)c(F)c1.[2H]C(C)(C)c1cc(-c2ccccc2)cc2c1oc1cc(-c3cc(C(C)(C)C)ccn3)[c-]cc12.[Ir]. The minimum absolute atomic E-state index is 0. The van der Waals surface area contributed by atoms with Crippen LogP contribution in [0.2, 0.25) is 19.6 Å². The monoisotopic (exact) mass is 932 g/mol. The van der Waals surface area contributed by atoms with Crippen LogP contribution in [0.4, 0.5) is 4.39 Å². The fourth-order valence-corrected chi connectivity index (χ4v) is 7.62. The van der Waals surface area contributed by atoms with Crippen molar-refractivity contribution in [3.8, 4) is 44.8 Å². The summed E-state index contributed by atoms with van der Waals surface area (Å²) < 4.78 is 29.6. The number of hydrogen-bond acceptors (Lipinski definition) is 3. The second-order valence-corrected chi connectivity index (χ2v) is 21.4. The first-order chi connectivity index (χ1) is 26.6. The van der Waals surface area contributed by atoms with Crippen LogP contribution in [0.3, 0.4) is 0 Å². The van der Waals surface area contributed by atoms with Crippen molar-refractivity contribution in [2.75, 3.05) is 0 Å². The predicted octanol–water partition coefficient (Wildman–Crippen LogP) is 13.4. The van der Waals surface area contributed by atoms with Crippen molar-refractivity contribution < 1.29 is 30.3 Å². The van der Waals surface area contributed by atoms with E-state index in [1.165, 1.54) is 5.56 Å². The second-order valence-electron chi connectivity index (χ2n) is 16.3. The Kier molecular flexibility index (Phi) is 11.6. The van der Waals surface area contributed by atoms with Gasteiger partial charge in [-0.05, 0) is 68.0 Å². The Morgan fingerprint density at radius 3 is 1.96 bits per heavy atom. The number of nitrogens with zero attached hydrogens (tertiary/aromatic N) is 2. The van der Waals surface area contributed by atoms with E-state index < -0.39 is 14.0 Å². The van der Waals surface area contributed by atoms with Crippen LogP contribution < -0.4 is 5.19 Å². The molecule has 3 heterocycles. The van der Waals surface area contributed by atoms with Crippen molar-refractivity contribution in [3.05, 3.63) is 163 Å². The Balaban J connectivity index is 0.000000202. The molecule has 285 valence electrons. The molecule has 0 spiro atoms. The molecule has 0 atom stereocenters. The van der Waals surface area contributed by atoms with Crippen LogP contribution in [-0.2, 0) is 25.5 Å².